The number of amides is 1. The molecule has 0 heterocycles. The lowest BCUT2D eigenvalue weighted by Gasteiger charge is -2.35. The Morgan fingerprint density at radius 1 is 1.32 bits per heavy atom. The van der Waals surface area contributed by atoms with Crippen molar-refractivity contribution >= 4 is 11.9 Å². The first-order valence-corrected chi connectivity index (χ1v) is 7.99. The predicted octanol–water partition coefficient (Wildman–Crippen LogP) is 1.27. The number of primary amides is 1. The Bertz CT molecular complexity index is 418. The van der Waals surface area contributed by atoms with E-state index in [1.165, 1.54) is 0 Å². The molecule has 0 saturated carbocycles. The largest absolute Gasteiger partial charge is 0.463 e. The summed E-state index contributed by atoms with van der Waals surface area (Å²) in [5.74, 6) is -0.989. The van der Waals surface area contributed by atoms with Gasteiger partial charge in [0.1, 0.15) is 0 Å². The minimum absolute atomic E-state index is 0.0605. The van der Waals surface area contributed by atoms with Crippen molar-refractivity contribution in [1.29, 1.82) is 0 Å². The van der Waals surface area contributed by atoms with Gasteiger partial charge in [-0.15, -0.1) is 0 Å². The van der Waals surface area contributed by atoms with Crippen molar-refractivity contribution in [2.75, 3.05) is 6.61 Å². The summed E-state index contributed by atoms with van der Waals surface area (Å²) in [4.78, 5) is 23.2. The van der Waals surface area contributed by atoms with Crippen molar-refractivity contribution in [2.45, 2.75) is 64.7 Å². The van der Waals surface area contributed by atoms with Crippen LogP contribution < -0.4 is 11.5 Å². The van der Waals surface area contributed by atoms with Gasteiger partial charge in [-0.2, -0.15) is 0 Å². The van der Waals surface area contributed by atoms with Gasteiger partial charge in [-0.05, 0) is 32.3 Å². The summed E-state index contributed by atoms with van der Waals surface area (Å²) in [6, 6.07) is -0.351. The standard InChI is InChI=1S/C16H28N2O4/c1-4-11(5-2)22-14-8-10(16(20)21-6-3)7-13(17)12(14)9-15(18)19/h8,11-14H,4-7,9,17H2,1-3H3,(H2,18,19)/t12-,13+,14-/m1/s1. The molecule has 3 atom stereocenters. The topological polar surface area (TPSA) is 105 Å². The highest BCUT2D eigenvalue weighted by molar-refractivity contribution is 5.89. The zero-order chi connectivity index (χ0) is 16.7. The third-order valence-electron chi connectivity index (χ3n) is 4.03. The zero-order valence-electron chi connectivity index (χ0n) is 13.7. The molecule has 0 aromatic carbocycles. The number of hydrogen-bond donors (Lipinski definition) is 2. The third kappa shape index (κ3) is 5.10. The van der Waals surface area contributed by atoms with E-state index in [2.05, 4.69) is 0 Å². The molecule has 0 spiro atoms. The van der Waals surface area contributed by atoms with Crippen LogP contribution in [0.1, 0.15) is 46.5 Å². The van der Waals surface area contributed by atoms with Crippen LogP contribution in [0.5, 0.6) is 0 Å². The van der Waals surface area contributed by atoms with Crippen LogP contribution in [0.15, 0.2) is 11.6 Å². The van der Waals surface area contributed by atoms with Crippen LogP contribution in [-0.2, 0) is 19.1 Å². The van der Waals surface area contributed by atoms with E-state index in [9.17, 15) is 9.59 Å². The van der Waals surface area contributed by atoms with Crippen LogP contribution in [0.25, 0.3) is 0 Å². The van der Waals surface area contributed by atoms with E-state index in [4.69, 9.17) is 20.9 Å². The van der Waals surface area contributed by atoms with Gasteiger partial charge < -0.3 is 20.9 Å². The van der Waals surface area contributed by atoms with Crippen LogP contribution in [0.2, 0.25) is 0 Å². The number of carbonyl (C=O) groups is 2. The molecule has 126 valence electrons. The number of rotatable bonds is 8. The van der Waals surface area contributed by atoms with Crippen LogP contribution in [0.4, 0.5) is 0 Å². The molecule has 0 aromatic heterocycles. The fourth-order valence-corrected chi connectivity index (χ4v) is 2.76. The van der Waals surface area contributed by atoms with E-state index in [1.54, 1.807) is 13.0 Å². The van der Waals surface area contributed by atoms with Crippen molar-refractivity contribution in [1.82, 2.24) is 0 Å². The highest BCUT2D eigenvalue weighted by atomic mass is 16.5. The Hall–Kier alpha value is -1.40. The summed E-state index contributed by atoms with van der Waals surface area (Å²) in [6.07, 6.45) is 3.67. The molecule has 22 heavy (non-hydrogen) atoms. The number of nitrogens with two attached hydrogens (primary N) is 2. The molecule has 0 radical (unpaired) electrons. The van der Waals surface area contributed by atoms with Crippen molar-refractivity contribution in [3.05, 3.63) is 11.6 Å². The van der Waals surface area contributed by atoms with Crippen molar-refractivity contribution in [2.24, 2.45) is 17.4 Å². The second-order valence-corrected chi connectivity index (χ2v) is 5.65. The van der Waals surface area contributed by atoms with Crippen LogP contribution in [-0.4, -0.2) is 36.7 Å². The lowest BCUT2D eigenvalue weighted by Crippen LogP contribution is -2.46. The maximum Gasteiger partial charge on any atom is 0.333 e. The highest BCUT2D eigenvalue weighted by Gasteiger charge is 2.36. The van der Waals surface area contributed by atoms with E-state index in [1.807, 2.05) is 13.8 Å². The molecule has 6 nitrogen and oxygen atoms in total. The fraction of sp³-hybridized carbons (Fsp3) is 0.750. The minimum Gasteiger partial charge on any atom is -0.463 e. The summed E-state index contributed by atoms with van der Waals surface area (Å²) in [5.41, 5.74) is 12.0. The highest BCUT2D eigenvalue weighted by Crippen LogP contribution is 2.30. The Labute approximate surface area is 132 Å². The fourth-order valence-electron chi connectivity index (χ4n) is 2.76. The minimum atomic E-state index is -0.411. The second-order valence-electron chi connectivity index (χ2n) is 5.65. The lowest BCUT2D eigenvalue weighted by atomic mass is 9.81. The summed E-state index contributed by atoms with van der Waals surface area (Å²) in [6.45, 7) is 6.15. The van der Waals surface area contributed by atoms with Crippen LogP contribution in [0, 0.1) is 5.92 Å². The van der Waals surface area contributed by atoms with Gasteiger partial charge in [0, 0.05) is 24.0 Å². The Morgan fingerprint density at radius 3 is 2.45 bits per heavy atom. The summed E-state index contributed by atoms with van der Waals surface area (Å²) < 4.78 is 11.1. The maximum absolute atomic E-state index is 11.9. The number of esters is 1. The molecule has 0 unspecified atom stereocenters. The molecule has 0 aromatic rings. The van der Waals surface area contributed by atoms with Crippen molar-refractivity contribution in [3.63, 3.8) is 0 Å². The van der Waals surface area contributed by atoms with Crippen LogP contribution >= 0.6 is 0 Å². The maximum atomic E-state index is 11.9. The van der Waals surface area contributed by atoms with E-state index in [0.717, 1.165) is 12.8 Å². The third-order valence-corrected chi connectivity index (χ3v) is 4.03. The smallest absolute Gasteiger partial charge is 0.333 e. The number of ether oxygens (including phenoxy) is 2. The van der Waals surface area contributed by atoms with Gasteiger partial charge in [0.2, 0.25) is 5.91 Å². The van der Waals surface area contributed by atoms with E-state index in [0.29, 0.717) is 18.6 Å². The van der Waals surface area contributed by atoms with Crippen LogP contribution in [0.3, 0.4) is 0 Å². The lowest BCUT2D eigenvalue weighted by molar-refractivity contribution is -0.139. The second kappa shape index (κ2) is 8.90. The molecular formula is C16H28N2O4. The molecule has 1 aliphatic carbocycles. The molecule has 0 saturated heterocycles. The molecule has 0 fully saturated rings. The first-order valence-electron chi connectivity index (χ1n) is 7.99. The summed E-state index contributed by atoms with van der Waals surface area (Å²) in [7, 11) is 0. The Morgan fingerprint density at radius 2 is 1.95 bits per heavy atom. The van der Waals surface area contributed by atoms with Gasteiger partial charge in [-0.25, -0.2) is 4.79 Å². The number of hydrogen-bond acceptors (Lipinski definition) is 5. The summed E-state index contributed by atoms with van der Waals surface area (Å²) >= 11 is 0. The van der Waals surface area contributed by atoms with Crippen molar-refractivity contribution < 1.29 is 19.1 Å². The van der Waals surface area contributed by atoms with E-state index >= 15 is 0 Å². The first-order chi connectivity index (χ1) is 10.4. The zero-order valence-corrected chi connectivity index (χ0v) is 13.7. The average Bonchev–Trinajstić information content (AvgIpc) is 2.47. The van der Waals surface area contributed by atoms with Gasteiger partial charge in [0.25, 0.3) is 0 Å². The predicted molar refractivity (Wildman–Crippen MR) is 83.9 cm³/mol. The van der Waals surface area contributed by atoms with E-state index in [-0.39, 0.29) is 36.6 Å². The summed E-state index contributed by atoms with van der Waals surface area (Å²) in [5, 5.41) is 0. The average molecular weight is 312 g/mol. The molecule has 0 bridgehead atoms. The van der Waals surface area contributed by atoms with Gasteiger partial charge >= 0.3 is 5.97 Å². The van der Waals surface area contributed by atoms with Gasteiger partial charge in [-0.1, -0.05) is 13.8 Å². The Balaban J connectivity index is 2.98. The van der Waals surface area contributed by atoms with Gasteiger partial charge in [0.15, 0.2) is 0 Å². The SMILES string of the molecule is CCOC(=O)C1=C[C@@H](OC(CC)CC)[C@H](CC(N)=O)[C@@H](N)C1. The molecule has 0 aliphatic heterocycles. The monoisotopic (exact) mass is 312 g/mol. The number of carbonyl (C=O) groups excluding carboxylic acids is 2. The van der Waals surface area contributed by atoms with E-state index < -0.39 is 5.91 Å². The van der Waals surface area contributed by atoms with Gasteiger partial charge in [-0.3, -0.25) is 4.79 Å². The molecule has 6 heteroatoms. The molecule has 4 N–H and O–H groups in total. The quantitative estimate of drug-likeness (QED) is 0.657. The molecule has 1 amide bonds. The normalized spacial score (nSPS) is 25.0. The first kappa shape index (κ1) is 18.6. The van der Waals surface area contributed by atoms with Crippen molar-refractivity contribution in [3.8, 4) is 0 Å². The molecular weight excluding hydrogens is 284 g/mol. The molecule has 1 aliphatic rings. The van der Waals surface area contributed by atoms with Gasteiger partial charge in [0.05, 0.1) is 18.8 Å². The Kier molecular flexibility index (Phi) is 7.55. The molecule has 1 rings (SSSR count).